The smallest absolute Gasteiger partial charge is 0.852 e. The molecule has 0 rings (SSSR count). The zero-order chi connectivity index (χ0) is 59.5. The number of hydrogen-bond donors (Lipinski definition) is 3. The molecule has 0 fully saturated rings. The maximum atomic E-state index is 10.3. The molecular weight excluding hydrogens is 1000 g/mol. The predicted molar refractivity (Wildman–Crippen MR) is 322 cm³/mol. The summed E-state index contributed by atoms with van der Waals surface area (Å²) in [6.45, 7) is 26.7. The van der Waals surface area contributed by atoms with Crippen LogP contribution in [0.5, 0.6) is 0 Å². The van der Waals surface area contributed by atoms with Gasteiger partial charge in [-0.3, -0.25) is 14.4 Å². The van der Waals surface area contributed by atoms with Gasteiger partial charge in [0.15, 0.2) is 0 Å². The number of carbonyl (C=O) groups is 3. The van der Waals surface area contributed by atoms with Gasteiger partial charge in [0.05, 0.1) is 0 Å². The summed E-state index contributed by atoms with van der Waals surface area (Å²) in [5.41, 5.74) is 0. The molecule has 0 amide bonds. The van der Waals surface area contributed by atoms with Gasteiger partial charge in [-0.2, -0.15) is 0 Å². The first kappa shape index (κ1) is 92.4. The molecule has 0 aliphatic heterocycles. The fraction of sp³-hybridized carbons (Fsp3) is 0.955. The van der Waals surface area contributed by atoms with Gasteiger partial charge in [0.2, 0.25) is 0 Å². The normalized spacial score (nSPS) is 10.6. The van der Waals surface area contributed by atoms with Crippen LogP contribution < -0.4 is 20.4 Å². The SMILES string of the molecule is CC(C)CCCCCCCCCCCCCCC(=O)O.CC(C)CCCCCCCCCCCCCCC(=O)O.CC(C)CCCCCCCCCCCCCCC(=O)O.CC(C)[O-].CC(C)[O-].CC(C)[O-].CC(C)[O-].[Ti+4]. The van der Waals surface area contributed by atoms with Crippen LogP contribution in [0.3, 0.4) is 0 Å². The average molecular weight is 1140 g/mol. The minimum atomic E-state index is -0.654. The number of rotatable bonds is 45. The maximum Gasteiger partial charge on any atom is 4.00 e. The summed E-state index contributed by atoms with van der Waals surface area (Å²) >= 11 is 0. The van der Waals surface area contributed by atoms with Crippen molar-refractivity contribution < 1.29 is 71.8 Å². The van der Waals surface area contributed by atoms with E-state index in [1.165, 1.54) is 212 Å². The molecule has 0 spiro atoms. The van der Waals surface area contributed by atoms with E-state index in [-0.39, 0.29) is 21.7 Å². The summed E-state index contributed by atoms with van der Waals surface area (Å²) in [7, 11) is 0. The summed E-state index contributed by atoms with van der Waals surface area (Å²) in [5, 5.41) is 63.7. The second-order valence-electron chi connectivity index (χ2n) is 23.9. The van der Waals surface area contributed by atoms with Crippen molar-refractivity contribution in [3.05, 3.63) is 0 Å². The molecule has 0 saturated carbocycles. The van der Waals surface area contributed by atoms with Crippen LogP contribution in [-0.4, -0.2) is 57.6 Å². The number of carboxylic acids is 3. The molecule has 0 atom stereocenters. The van der Waals surface area contributed by atoms with Crippen LogP contribution in [0.15, 0.2) is 0 Å². The minimum absolute atomic E-state index is 0. The number of aliphatic carboxylic acids is 3. The molecule has 10 nitrogen and oxygen atoms in total. The Hall–Kier alpha value is -1.04. The van der Waals surface area contributed by atoms with Crippen LogP contribution in [0.2, 0.25) is 0 Å². The Morgan fingerprint density at radius 2 is 0.325 bits per heavy atom. The van der Waals surface area contributed by atoms with Crippen molar-refractivity contribution >= 4 is 17.9 Å². The predicted octanol–water partition coefficient (Wildman–Crippen LogP) is 17.6. The first-order chi connectivity index (χ1) is 35.8. The second kappa shape index (κ2) is 81.4. The summed E-state index contributed by atoms with van der Waals surface area (Å²) in [4.78, 5) is 31.0. The van der Waals surface area contributed by atoms with E-state index in [1.807, 2.05) is 0 Å². The monoisotopic (exact) mass is 1140 g/mol. The third-order valence-electron chi connectivity index (χ3n) is 11.8. The van der Waals surface area contributed by atoms with Crippen LogP contribution in [0.1, 0.15) is 367 Å². The fourth-order valence-electron chi connectivity index (χ4n) is 7.79. The summed E-state index contributed by atoms with van der Waals surface area (Å²) in [6, 6.07) is 0. The van der Waals surface area contributed by atoms with Crippen LogP contribution in [-0.2, 0) is 36.1 Å². The molecule has 0 saturated heterocycles. The topological polar surface area (TPSA) is 204 Å². The van der Waals surface area contributed by atoms with E-state index < -0.39 is 42.3 Å². The largest absolute Gasteiger partial charge is 4.00 e. The summed E-state index contributed by atoms with van der Waals surface area (Å²) in [6.07, 6.45) is 50.3. The van der Waals surface area contributed by atoms with Gasteiger partial charge in [-0.05, 0) is 37.0 Å². The summed E-state index contributed by atoms with van der Waals surface area (Å²) < 4.78 is 0. The van der Waals surface area contributed by atoms with Gasteiger partial charge in [-0.1, -0.05) is 328 Å². The van der Waals surface area contributed by atoms with Gasteiger partial charge in [-0.15, -0.1) is 24.4 Å². The van der Waals surface area contributed by atoms with Crippen LogP contribution in [0.25, 0.3) is 0 Å². The van der Waals surface area contributed by atoms with Gasteiger partial charge in [0, 0.05) is 19.3 Å². The molecule has 0 aliphatic carbocycles. The molecule has 0 aromatic heterocycles. The quantitative estimate of drug-likeness (QED) is 0.0389. The molecule has 0 aromatic rings. The van der Waals surface area contributed by atoms with E-state index in [1.54, 1.807) is 55.4 Å². The van der Waals surface area contributed by atoms with E-state index in [0.717, 1.165) is 56.3 Å². The van der Waals surface area contributed by atoms with E-state index in [0.29, 0.717) is 19.3 Å². The molecule has 3 N–H and O–H groups in total. The van der Waals surface area contributed by atoms with Crippen LogP contribution >= 0.6 is 0 Å². The zero-order valence-corrected chi connectivity index (χ0v) is 55.5. The number of unbranched alkanes of at least 4 members (excludes halogenated alkanes) is 33. The van der Waals surface area contributed by atoms with Gasteiger partial charge in [-0.25, -0.2) is 0 Å². The van der Waals surface area contributed by atoms with Crippen LogP contribution in [0.4, 0.5) is 0 Å². The van der Waals surface area contributed by atoms with Crippen molar-refractivity contribution in [2.45, 2.75) is 391 Å². The number of hydrogen-bond acceptors (Lipinski definition) is 7. The molecule has 0 aromatic carbocycles. The van der Waals surface area contributed by atoms with Crippen molar-refractivity contribution in [3.63, 3.8) is 0 Å². The van der Waals surface area contributed by atoms with E-state index >= 15 is 0 Å². The first-order valence-electron chi connectivity index (χ1n) is 32.1. The van der Waals surface area contributed by atoms with E-state index in [2.05, 4.69) is 41.5 Å². The molecule has 0 aliphatic rings. The van der Waals surface area contributed by atoms with Gasteiger partial charge in [0.25, 0.3) is 0 Å². The molecule has 77 heavy (non-hydrogen) atoms. The average Bonchev–Trinajstić information content (AvgIpc) is 3.28. The maximum absolute atomic E-state index is 10.3. The molecular formula is C66H136O10Ti. The third-order valence-corrected chi connectivity index (χ3v) is 11.8. The molecule has 11 heteroatoms. The molecule has 0 unspecified atom stereocenters. The van der Waals surface area contributed by atoms with Crippen molar-refractivity contribution in [1.82, 2.24) is 0 Å². The standard InChI is InChI=1S/3C18H36O2.4C3H7O.Ti/c3*1-17(2)15-13-11-9-7-5-3-4-6-8-10-12-14-16-18(19)20;4*1-3(2)4;/h3*17H,3-16H2,1-2H3,(H,19,20);4*3H,1-2H3;/q;;;4*-1;+4. The van der Waals surface area contributed by atoms with E-state index in [9.17, 15) is 34.8 Å². The Bertz CT molecular complexity index is 907. The van der Waals surface area contributed by atoms with Crippen molar-refractivity contribution in [1.29, 1.82) is 0 Å². The molecule has 0 bridgehead atoms. The Balaban J connectivity index is -0.000000134. The second-order valence-corrected chi connectivity index (χ2v) is 23.9. The van der Waals surface area contributed by atoms with Crippen molar-refractivity contribution in [2.24, 2.45) is 17.8 Å². The number of carboxylic acid groups (broad SMARTS) is 3. The minimum Gasteiger partial charge on any atom is -0.852 e. The van der Waals surface area contributed by atoms with Crippen molar-refractivity contribution in [3.8, 4) is 0 Å². The van der Waals surface area contributed by atoms with Gasteiger partial charge in [0.1, 0.15) is 0 Å². The Labute approximate surface area is 496 Å². The van der Waals surface area contributed by atoms with Crippen LogP contribution in [0, 0.1) is 17.8 Å². The molecule has 0 heterocycles. The third kappa shape index (κ3) is 160. The Morgan fingerprint density at radius 1 is 0.234 bits per heavy atom. The molecule has 464 valence electrons. The molecule has 0 radical (unpaired) electrons. The Kier molecular flexibility index (Phi) is 97.7. The zero-order valence-electron chi connectivity index (χ0n) is 53.9. The first-order valence-corrected chi connectivity index (χ1v) is 32.1. The van der Waals surface area contributed by atoms with Gasteiger partial charge >= 0.3 is 39.6 Å². The van der Waals surface area contributed by atoms with Crippen molar-refractivity contribution in [2.75, 3.05) is 0 Å². The Morgan fingerprint density at radius 3 is 0.416 bits per heavy atom. The summed E-state index contributed by atoms with van der Waals surface area (Å²) in [5.74, 6) is 0.636. The fourth-order valence-corrected chi connectivity index (χ4v) is 7.79. The van der Waals surface area contributed by atoms with Gasteiger partial charge < -0.3 is 35.7 Å². The van der Waals surface area contributed by atoms with E-state index in [4.69, 9.17) is 15.3 Å².